The lowest BCUT2D eigenvalue weighted by Gasteiger charge is -2.18. The number of quaternary nitrogens is 1. The topological polar surface area (TPSA) is 68.1 Å². The van der Waals surface area contributed by atoms with Crippen molar-refractivity contribution in [3.63, 3.8) is 0 Å². The number of urea groups is 1. The summed E-state index contributed by atoms with van der Waals surface area (Å²) in [5, 5.41) is 10.1. The van der Waals surface area contributed by atoms with Crippen LogP contribution < -0.4 is 10.1 Å². The normalized spacial score (nSPS) is 20.4. The lowest BCUT2D eigenvalue weighted by atomic mass is 10.3. The third kappa shape index (κ3) is 1.73. The summed E-state index contributed by atoms with van der Waals surface area (Å²) in [7, 11) is 0. The number of carbonyl (C=O) groups excluding carboxylic acids is 2. The molecular formula is C9H8ClN3O3. The molecule has 1 aromatic carbocycles. The summed E-state index contributed by atoms with van der Waals surface area (Å²) < 4.78 is 0. The van der Waals surface area contributed by atoms with Gasteiger partial charge in [0.25, 0.3) is 0 Å². The predicted molar refractivity (Wildman–Crippen MR) is 56.6 cm³/mol. The van der Waals surface area contributed by atoms with Crippen molar-refractivity contribution < 1.29 is 14.8 Å². The molecule has 1 aliphatic heterocycles. The van der Waals surface area contributed by atoms with E-state index in [0.717, 1.165) is 0 Å². The van der Waals surface area contributed by atoms with E-state index in [1.165, 1.54) is 4.90 Å². The molecule has 1 N–H and O–H groups in total. The van der Waals surface area contributed by atoms with Crippen molar-refractivity contribution in [2.45, 2.75) is 0 Å². The van der Waals surface area contributed by atoms with Gasteiger partial charge in [0.15, 0.2) is 6.67 Å². The zero-order valence-electron chi connectivity index (χ0n) is 8.09. The van der Waals surface area contributed by atoms with Crippen LogP contribution in [0.4, 0.5) is 15.3 Å². The molecule has 0 aromatic heterocycles. The fourth-order valence-corrected chi connectivity index (χ4v) is 1.65. The van der Waals surface area contributed by atoms with Crippen LogP contribution >= 0.6 is 11.6 Å². The van der Waals surface area contributed by atoms with Crippen molar-refractivity contribution in [3.05, 3.63) is 35.5 Å². The average Bonchev–Trinajstić information content (AvgIpc) is 2.55. The number of nitrogens with one attached hydrogen (secondary N) is 1. The van der Waals surface area contributed by atoms with Gasteiger partial charge in [-0.3, -0.25) is 0 Å². The SMILES string of the molecule is O=C(Cl)N1C(=O)N(c2ccccc2)C[NH+]1[O-]. The first-order chi connectivity index (χ1) is 7.61. The van der Waals surface area contributed by atoms with Gasteiger partial charge in [-0.1, -0.05) is 23.2 Å². The van der Waals surface area contributed by atoms with Gasteiger partial charge in [0.1, 0.15) is 0 Å². The monoisotopic (exact) mass is 241 g/mol. The zero-order valence-corrected chi connectivity index (χ0v) is 8.85. The van der Waals surface area contributed by atoms with Gasteiger partial charge < -0.3 is 5.21 Å². The molecule has 6 nitrogen and oxygen atoms in total. The Labute approximate surface area is 96.1 Å². The standard InChI is InChI=1S/C9H8ClN3O3/c10-8(14)13-9(15)11(6-12(13)16)7-4-2-1-3-5-7/h1-5,12H,6H2. The number of carbonyl (C=O) groups is 2. The minimum Gasteiger partial charge on any atom is -0.606 e. The number of para-hydroxylation sites is 1. The molecule has 3 amide bonds. The smallest absolute Gasteiger partial charge is 0.382 e. The summed E-state index contributed by atoms with van der Waals surface area (Å²) in [6, 6.07) is 7.89. The number of amides is 3. The van der Waals surface area contributed by atoms with E-state index in [1.54, 1.807) is 30.3 Å². The summed E-state index contributed by atoms with van der Waals surface area (Å²) in [6.45, 7) is -0.165. The van der Waals surface area contributed by atoms with Gasteiger partial charge in [0.2, 0.25) is 0 Å². The van der Waals surface area contributed by atoms with Crippen LogP contribution in [0.3, 0.4) is 0 Å². The van der Waals surface area contributed by atoms with Gasteiger partial charge in [-0.25, -0.2) is 19.7 Å². The van der Waals surface area contributed by atoms with Crippen LogP contribution in [-0.4, -0.2) is 23.1 Å². The van der Waals surface area contributed by atoms with E-state index in [9.17, 15) is 14.8 Å². The highest BCUT2D eigenvalue weighted by Crippen LogP contribution is 2.16. The van der Waals surface area contributed by atoms with Crippen molar-refractivity contribution in [2.24, 2.45) is 0 Å². The summed E-state index contributed by atoms with van der Waals surface area (Å²) >= 11 is 5.15. The van der Waals surface area contributed by atoms with Crippen LogP contribution in [0, 0.1) is 5.21 Å². The first kappa shape index (κ1) is 10.9. The molecule has 0 radical (unpaired) electrons. The van der Waals surface area contributed by atoms with Gasteiger partial charge >= 0.3 is 11.4 Å². The van der Waals surface area contributed by atoms with E-state index < -0.39 is 16.6 Å². The molecule has 84 valence electrons. The van der Waals surface area contributed by atoms with Crippen molar-refractivity contribution in [1.29, 1.82) is 0 Å². The molecule has 16 heavy (non-hydrogen) atoms. The van der Waals surface area contributed by atoms with Crippen molar-refractivity contribution >= 4 is 28.7 Å². The first-order valence-corrected chi connectivity index (χ1v) is 4.88. The van der Waals surface area contributed by atoms with E-state index >= 15 is 0 Å². The highest BCUT2D eigenvalue weighted by molar-refractivity contribution is 6.63. The van der Waals surface area contributed by atoms with Crippen LogP contribution in [0.5, 0.6) is 0 Å². The van der Waals surface area contributed by atoms with Crippen LogP contribution in [0.15, 0.2) is 30.3 Å². The minimum atomic E-state index is -1.08. The molecule has 1 aromatic rings. The molecule has 1 fully saturated rings. The summed E-state index contributed by atoms with van der Waals surface area (Å²) in [4.78, 5) is 23.7. The fraction of sp³-hybridized carbons (Fsp3) is 0.111. The maximum Gasteiger partial charge on any atom is 0.382 e. The second-order valence-electron chi connectivity index (χ2n) is 3.19. The Morgan fingerprint density at radius 3 is 2.50 bits per heavy atom. The maximum absolute atomic E-state index is 11.7. The Hall–Kier alpha value is -1.63. The molecule has 1 aliphatic rings. The summed E-state index contributed by atoms with van der Waals surface area (Å²) in [6.07, 6.45) is 0. The van der Waals surface area contributed by atoms with Crippen molar-refractivity contribution in [3.8, 4) is 0 Å². The lowest BCUT2D eigenvalue weighted by molar-refractivity contribution is -0.932. The Morgan fingerprint density at radius 1 is 1.38 bits per heavy atom. The molecule has 1 atom stereocenters. The number of hydroxylamine groups is 1. The number of halogens is 1. The third-order valence-electron chi connectivity index (χ3n) is 2.21. The molecule has 1 saturated heterocycles. The van der Waals surface area contributed by atoms with Gasteiger partial charge in [0, 0.05) is 0 Å². The molecule has 0 bridgehead atoms. The second-order valence-corrected chi connectivity index (χ2v) is 3.51. The van der Waals surface area contributed by atoms with E-state index in [4.69, 9.17) is 11.6 Å². The number of rotatable bonds is 1. The molecule has 2 rings (SSSR count). The zero-order chi connectivity index (χ0) is 11.7. The van der Waals surface area contributed by atoms with E-state index in [-0.39, 0.29) is 6.67 Å². The number of benzene rings is 1. The Morgan fingerprint density at radius 2 is 2.00 bits per heavy atom. The Bertz CT molecular complexity index is 425. The minimum absolute atomic E-state index is 0.165. The van der Waals surface area contributed by atoms with Gasteiger partial charge in [0.05, 0.1) is 5.69 Å². The quantitative estimate of drug-likeness (QED) is 0.443. The van der Waals surface area contributed by atoms with Crippen LogP contribution in [0.2, 0.25) is 0 Å². The van der Waals surface area contributed by atoms with Crippen LogP contribution in [0.25, 0.3) is 0 Å². The average molecular weight is 242 g/mol. The summed E-state index contributed by atoms with van der Waals surface area (Å²) in [5.74, 6) is 0. The molecule has 0 aliphatic carbocycles. The number of anilines is 1. The van der Waals surface area contributed by atoms with E-state index in [2.05, 4.69) is 0 Å². The van der Waals surface area contributed by atoms with Crippen molar-refractivity contribution in [2.75, 3.05) is 11.6 Å². The first-order valence-electron chi connectivity index (χ1n) is 4.50. The number of nitrogens with zero attached hydrogens (tertiary/aromatic N) is 2. The summed E-state index contributed by atoms with van der Waals surface area (Å²) in [5.41, 5.74) is 0.557. The van der Waals surface area contributed by atoms with Gasteiger partial charge in [-0.2, -0.15) is 0 Å². The Kier molecular flexibility index (Phi) is 2.78. The van der Waals surface area contributed by atoms with Gasteiger partial charge in [-0.15, -0.1) is 0 Å². The molecule has 1 heterocycles. The predicted octanol–water partition coefficient (Wildman–Crippen LogP) is 0.543. The van der Waals surface area contributed by atoms with Crippen LogP contribution in [0.1, 0.15) is 0 Å². The maximum atomic E-state index is 11.7. The number of hydrogen-bond acceptors (Lipinski definition) is 3. The highest BCUT2D eigenvalue weighted by atomic mass is 35.5. The second kappa shape index (κ2) is 4.09. The van der Waals surface area contributed by atoms with E-state index in [1.807, 2.05) is 0 Å². The molecular weight excluding hydrogens is 234 g/mol. The molecule has 1 unspecified atom stereocenters. The fourth-order valence-electron chi connectivity index (χ4n) is 1.48. The lowest BCUT2D eigenvalue weighted by Crippen LogP contribution is -3.12. The van der Waals surface area contributed by atoms with Crippen molar-refractivity contribution in [1.82, 2.24) is 5.01 Å². The van der Waals surface area contributed by atoms with Gasteiger partial charge in [-0.05, 0) is 23.7 Å². The Balaban J connectivity index is 2.28. The van der Waals surface area contributed by atoms with Crippen LogP contribution in [-0.2, 0) is 0 Å². The highest BCUT2D eigenvalue weighted by Gasteiger charge is 2.40. The largest absolute Gasteiger partial charge is 0.606 e. The third-order valence-corrected chi connectivity index (χ3v) is 2.38. The molecule has 0 saturated carbocycles. The number of hydrogen-bond donors (Lipinski definition) is 1. The molecule has 0 spiro atoms. The number of imide groups is 1. The van der Waals surface area contributed by atoms with E-state index in [0.29, 0.717) is 10.7 Å². The molecule has 7 heteroatoms.